The van der Waals surface area contributed by atoms with Crippen LogP contribution in [-0.4, -0.2) is 11.9 Å². The van der Waals surface area contributed by atoms with Crippen LogP contribution in [0.3, 0.4) is 0 Å². The molecule has 96 valence electrons. The molecule has 0 spiro atoms. The molecule has 2 aromatic rings. The van der Waals surface area contributed by atoms with Gasteiger partial charge in [-0.25, -0.2) is 0 Å². The van der Waals surface area contributed by atoms with Gasteiger partial charge in [0, 0.05) is 11.6 Å². The predicted molar refractivity (Wildman–Crippen MR) is 78.8 cm³/mol. The molecule has 2 heteroatoms. The second-order valence-corrected chi connectivity index (χ2v) is 5.02. The van der Waals surface area contributed by atoms with Crippen molar-refractivity contribution in [3.8, 4) is 0 Å². The summed E-state index contributed by atoms with van der Waals surface area (Å²) in [6.45, 7) is 2.10. The van der Waals surface area contributed by atoms with E-state index in [1.165, 1.54) is 10.8 Å². The summed E-state index contributed by atoms with van der Waals surface area (Å²) in [5, 5.41) is 5.42. The molecular weight excluding hydrogens is 234 g/mol. The van der Waals surface area contributed by atoms with Crippen molar-refractivity contribution in [3.63, 3.8) is 0 Å². The van der Waals surface area contributed by atoms with Crippen molar-refractivity contribution in [2.45, 2.75) is 25.8 Å². The van der Waals surface area contributed by atoms with Crippen LogP contribution in [0.1, 0.15) is 25.3 Å². The van der Waals surface area contributed by atoms with E-state index in [1.807, 2.05) is 24.3 Å². The van der Waals surface area contributed by atoms with Crippen LogP contribution >= 0.6 is 0 Å². The minimum absolute atomic E-state index is 0.0831. The quantitative estimate of drug-likeness (QED) is 0.813. The molecule has 1 amide bonds. The second-order valence-electron chi connectivity index (χ2n) is 5.02. The number of amides is 1. The number of carbonyl (C=O) groups is 1. The Morgan fingerprint density at radius 1 is 1.21 bits per heavy atom. The topological polar surface area (TPSA) is 29.1 Å². The number of hydrogen-bond acceptors (Lipinski definition) is 1. The number of fused-ring (bicyclic) bond motifs is 1. The lowest BCUT2D eigenvalue weighted by atomic mass is 10.0. The number of hydrogen-bond donors (Lipinski definition) is 1. The lowest BCUT2D eigenvalue weighted by Gasteiger charge is -2.03. The van der Waals surface area contributed by atoms with E-state index in [1.54, 1.807) is 0 Å². The highest BCUT2D eigenvalue weighted by atomic mass is 16.2. The van der Waals surface area contributed by atoms with Gasteiger partial charge in [0.05, 0.1) is 0 Å². The molecule has 1 saturated heterocycles. The first-order valence-corrected chi connectivity index (χ1v) is 6.77. The first-order valence-electron chi connectivity index (χ1n) is 6.77. The second kappa shape index (κ2) is 4.88. The smallest absolute Gasteiger partial charge is 0.247 e. The van der Waals surface area contributed by atoms with E-state index in [2.05, 4.69) is 36.5 Å². The molecule has 2 nitrogen and oxygen atoms in total. The Labute approximate surface area is 113 Å². The average Bonchev–Trinajstić information content (AvgIpc) is 2.80. The van der Waals surface area contributed by atoms with Crippen molar-refractivity contribution in [3.05, 3.63) is 53.6 Å². The number of benzene rings is 2. The molecule has 0 saturated carbocycles. The fraction of sp³-hybridized carbons (Fsp3) is 0.235. The zero-order valence-corrected chi connectivity index (χ0v) is 11.0. The number of carbonyl (C=O) groups excluding carboxylic acids is 1. The molecule has 0 aromatic heterocycles. The van der Waals surface area contributed by atoms with Gasteiger partial charge in [-0.3, -0.25) is 4.79 Å². The molecule has 1 fully saturated rings. The van der Waals surface area contributed by atoms with E-state index in [0.717, 1.165) is 24.0 Å². The van der Waals surface area contributed by atoms with Gasteiger partial charge in [-0.15, -0.1) is 0 Å². The predicted octanol–water partition coefficient (Wildman–Crippen LogP) is 3.52. The Morgan fingerprint density at radius 2 is 2.00 bits per heavy atom. The van der Waals surface area contributed by atoms with Gasteiger partial charge in [-0.2, -0.15) is 0 Å². The maximum absolute atomic E-state index is 11.9. The Morgan fingerprint density at radius 3 is 2.79 bits per heavy atom. The Kier molecular flexibility index (Phi) is 3.08. The Bertz CT molecular complexity index is 652. The molecule has 0 bridgehead atoms. The van der Waals surface area contributed by atoms with Crippen LogP contribution < -0.4 is 5.32 Å². The summed E-state index contributed by atoms with van der Waals surface area (Å²) in [7, 11) is 0. The van der Waals surface area contributed by atoms with Crippen LogP contribution in [-0.2, 0) is 4.79 Å². The third-order valence-corrected chi connectivity index (χ3v) is 3.74. The van der Waals surface area contributed by atoms with E-state index in [4.69, 9.17) is 0 Å². The first-order chi connectivity index (χ1) is 9.28. The van der Waals surface area contributed by atoms with E-state index in [9.17, 15) is 4.79 Å². The minimum atomic E-state index is 0.0831. The van der Waals surface area contributed by atoms with E-state index in [0.29, 0.717) is 6.04 Å². The molecule has 1 N–H and O–H groups in total. The van der Waals surface area contributed by atoms with Gasteiger partial charge in [-0.05, 0) is 35.3 Å². The molecule has 19 heavy (non-hydrogen) atoms. The summed E-state index contributed by atoms with van der Waals surface area (Å²) in [5.41, 5.74) is 2.02. The zero-order chi connectivity index (χ0) is 13.2. The summed E-state index contributed by atoms with van der Waals surface area (Å²) in [6, 6.07) is 14.8. The molecule has 1 aliphatic heterocycles. The maximum atomic E-state index is 11.9. The average molecular weight is 251 g/mol. The van der Waals surface area contributed by atoms with Crippen LogP contribution in [0.5, 0.6) is 0 Å². The molecule has 1 unspecified atom stereocenters. The highest BCUT2D eigenvalue weighted by Gasteiger charge is 2.24. The first kappa shape index (κ1) is 12.0. The fourth-order valence-electron chi connectivity index (χ4n) is 2.62. The third kappa shape index (κ3) is 2.26. The normalized spacial score (nSPS) is 21.0. The molecule has 3 rings (SSSR count). The van der Waals surface area contributed by atoms with Crippen LogP contribution in [0.4, 0.5) is 0 Å². The fourth-order valence-corrected chi connectivity index (χ4v) is 2.62. The van der Waals surface area contributed by atoms with Gasteiger partial charge in [0.15, 0.2) is 0 Å². The number of rotatable bonds is 2. The van der Waals surface area contributed by atoms with Crippen molar-refractivity contribution in [1.82, 2.24) is 5.32 Å². The van der Waals surface area contributed by atoms with Crippen molar-refractivity contribution in [1.29, 1.82) is 0 Å². The van der Waals surface area contributed by atoms with Crippen LogP contribution in [0.25, 0.3) is 16.8 Å². The molecule has 2 aromatic carbocycles. The molecule has 1 atom stereocenters. The summed E-state index contributed by atoms with van der Waals surface area (Å²) < 4.78 is 0. The minimum Gasteiger partial charge on any atom is -0.349 e. The van der Waals surface area contributed by atoms with Gasteiger partial charge in [0.25, 0.3) is 0 Å². The Balaban J connectivity index is 2.04. The van der Waals surface area contributed by atoms with Gasteiger partial charge in [0.2, 0.25) is 5.91 Å². The van der Waals surface area contributed by atoms with Gasteiger partial charge < -0.3 is 5.32 Å². The monoisotopic (exact) mass is 251 g/mol. The van der Waals surface area contributed by atoms with E-state index >= 15 is 0 Å². The SMILES string of the molecule is CCC1C/C(=C\c2cccc3ccccc23)C(=O)N1. The van der Waals surface area contributed by atoms with Gasteiger partial charge in [0.1, 0.15) is 0 Å². The van der Waals surface area contributed by atoms with E-state index in [-0.39, 0.29) is 5.91 Å². The highest BCUT2D eigenvalue weighted by molar-refractivity contribution is 6.02. The van der Waals surface area contributed by atoms with Crippen molar-refractivity contribution in [2.24, 2.45) is 0 Å². The maximum Gasteiger partial charge on any atom is 0.247 e. The zero-order valence-electron chi connectivity index (χ0n) is 11.0. The Hall–Kier alpha value is -2.09. The van der Waals surface area contributed by atoms with Gasteiger partial charge >= 0.3 is 0 Å². The highest BCUT2D eigenvalue weighted by Crippen LogP contribution is 2.24. The standard InChI is InChI=1S/C17H17NO/c1-2-15-11-14(17(19)18-15)10-13-8-5-7-12-6-3-4-9-16(12)13/h3-10,15H,2,11H2,1H3,(H,18,19)/b14-10+. The summed E-state index contributed by atoms with van der Waals surface area (Å²) >= 11 is 0. The van der Waals surface area contributed by atoms with Crippen molar-refractivity contribution in [2.75, 3.05) is 0 Å². The van der Waals surface area contributed by atoms with Crippen molar-refractivity contribution < 1.29 is 4.79 Å². The van der Waals surface area contributed by atoms with E-state index < -0.39 is 0 Å². The summed E-state index contributed by atoms with van der Waals surface area (Å²) in [5.74, 6) is 0.0831. The third-order valence-electron chi connectivity index (χ3n) is 3.74. The molecule has 1 heterocycles. The summed E-state index contributed by atoms with van der Waals surface area (Å²) in [4.78, 5) is 11.9. The molecule has 0 aliphatic carbocycles. The lowest BCUT2D eigenvalue weighted by Crippen LogP contribution is -2.24. The molecule has 1 aliphatic rings. The van der Waals surface area contributed by atoms with Crippen LogP contribution in [0, 0.1) is 0 Å². The van der Waals surface area contributed by atoms with Crippen molar-refractivity contribution >= 4 is 22.8 Å². The van der Waals surface area contributed by atoms with Crippen LogP contribution in [0.15, 0.2) is 48.0 Å². The largest absolute Gasteiger partial charge is 0.349 e. The van der Waals surface area contributed by atoms with Gasteiger partial charge in [-0.1, -0.05) is 49.4 Å². The summed E-state index contributed by atoms with van der Waals surface area (Å²) in [6.07, 6.45) is 3.85. The lowest BCUT2D eigenvalue weighted by molar-refractivity contribution is -0.116. The molecular formula is C17H17NO. The van der Waals surface area contributed by atoms with Crippen LogP contribution in [0.2, 0.25) is 0 Å². The number of nitrogens with one attached hydrogen (secondary N) is 1. The molecule has 0 radical (unpaired) electrons.